The third kappa shape index (κ3) is 5.48. The average Bonchev–Trinajstić information content (AvgIpc) is 2.60. The van der Waals surface area contributed by atoms with Crippen molar-refractivity contribution in [1.82, 2.24) is 20.7 Å². The summed E-state index contributed by atoms with van der Waals surface area (Å²) in [6, 6.07) is 6.78. The zero-order valence-corrected chi connectivity index (χ0v) is 17.9. The first-order valence-corrected chi connectivity index (χ1v) is 9.91. The van der Waals surface area contributed by atoms with E-state index in [1.807, 2.05) is 0 Å². The highest BCUT2D eigenvalue weighted by molar-refractivity contribution is 6.30. The number of carbonyl (C=O) groups is 1. The molecule has 8 nitrogen and oxygen atoms in total. The quantitative estimate of drug-likeness (QED) is 0.474. The smallest absolute Gasteiger partial charge is 0.269 e. The number of halogens is 1. The van der Waals surface area contributed by atoms with Crippen molar-refractivity contribution in [1.29, 1.82) is 0 Å². The molecule has 1 saturated heterocycles. The standard InChI is InChI=1S/C20H28ClN7O/c1-19(2)9-14(10-20(3,4)28-19)25-16-15(22)17(24-11-23-16)26-27-18(29)12-5-7-13(21)8-6-12/h5-8,11,14,28H,9-10,22H2,1-4H3,(H,27,29)(H2,23,24,25,26). The molecule has 2 heterocycles. The third-order valence-corrected chi connectivity index (χ3v) is 5.07. The summed E-state index contributed by atoms with van der Waals surface area (Å²) in [5.41, 5.74) is 12.4. The van der Waals surface area contributed by atoms with Crippen LogP contribution in [0.5, 0.6) is 0 Å². The van der Waals surface area contributed by atoms with Crippen molar-refractivity contribution >= 4 is 34.8 Å². The number of hydrogen-bond acceptors (Lipinski definition) is 7. The minimum absolute atomic E-state index is 0.00512. The molecule has 156 valence electrons. The maximum Gasteiger partial charge on any atom is 0.269 e. The molecular weight excluding hydrogens is 390 g/mol. The Labute approximate surface area is 176 Å². The van der Waals surface area contributed by atoms with E-state index < -0.39 is 0 Å². The lowest BCUT2D eigenvalue weighted by atomic mass is 9.79. The van der Waals surface area contributed by atoms with Crippen LogP contribution in [-0.2, 0) is 0 Å². The molecule has 0 atom stereocenters. The molecule has 0 spiro atoms. The highest BCUT2D eigenvalue weighted by Crippen LogP contribution is 2.32. The van der Waals surface area contributed by atoms with Gasteiger partial charge in [0.1, 0.15) is 12.0 Å². The maximum absolute atomic E-state index is 12.3. The summed E-state index contributed by atoms with van der Waals surface area (Å²) in [6.45, 7) is 8.74. The molecule has 0 radical (unpaired) electrons. The third-order valence-electron chi connectivity index (χ3n) is 4.82. The Morgan fingerprint density at radius 1 is 1.10 bits per heavy atom. The number of hydrazine groups is 1. The van der Waals surface area contributed by atoms with E-state index in [1.54, 1.807) is 24.3 Å². The molecule has 1 amide bonds. The molecular formula is C20H28ClN7O. The summed E-state index contributed by atoms with van der Waals surface area (Å²) in [6.07, 6.45) is 3.26. The van der Waals surface area contributed by atoms with Gasteiger partial charge < -0.3 is 16.4 Å². The topological polar surface area (TPSA) is 117 Å². The number of nitrogens with one attached hydrogen (secondary N) is 4. The van der Waals surface area contributed by atoms with Gasteiger partial charge in [0, 0.05) is 27.7 Å². The van der Waals surface area contributed by atoms with Gasteiger partial charge in [-0.25, -0.2) is 9.97 Å². The van der Waals surface area contributed by atoms with E-state index in [-0.39, 0.29) is 23.0 Å². The number of benzene rings is 1. The van der Waals surface area contributed by atoms with Crippen LogP contribution in [0.4, 0.5) is 17.3 Å². The van der Waals surface area contributed by atoms with E-state index in [4.69, 9.17) is 17.3 Å². The van der Waals surface area contributed by atoms with Gasteiger partial charge in [0.25, 0.3) is 5.91 Å². The molecule has 1 fully saturated rings. The zero-order chi connectivity index (χ0) is 21.2. The Kier molecular flexibility index (Phi) is 5.86. The lowest BCUT2D eigenvalue weighted by Gasteiger charge is -2.46. The molecule has 3 rings (SSSR count). The number of rotatable bonds is 5. The van der Waals surface area contributed by atoms with Gasteiger partial charge in [0.2, 0.25) is 0 Å². The maximum atomic E-state index is 12.3. The second-order valence-electron chi connectivity index (χ2n) is 8.71. The predicted molar refractivity (Wildman–Crippen MR) is 117 cm³/mol. The van der Waals surface area contributed by atoms with Crippen molar-refractivity contribution in [2.24, 2.45) is 0 Å². The number of nitrogen functional groups attached to an aromatic ring is 1. The van der Waals surface area contributed by atoms with Crippen LogP contribution >= 0.6 is 11.6 Å². The highest BCUT2D eigenvalue weighted by Gasteiger charge is 2.37. The fourth-order valence-corrected chi connectivity index (χ4v) is 4.14. The zero-order valence-electron chi connectivity index (χ0n) is 17.1. The number of nitrogens with zero attached hydrogens (tertiary/aromatic N) is 2. The van der Waals surface area contributed by atoms with Crippen molar-refractivity contribution in [3.8, 4) is 0 Å². The first kappa shape index (κ1) is 21.1. The lowest BCUT2D eigenvalue weighted by molar-refractivity contribution is 0.0962. The summed E-state index contributed by atoms with van der Waals surface area (Å²) in [7, 11) is 0. The lowest BCUT2D eigenvalue weighted by Crippen LogP contribution is -2.60. The van der Waals surface area contributed by atoms with Crippen LogP contribution in [0.25, 0.3) is 0 Å². The molecule has 1 aromatic heterocycles. The number of carbonyl (C=O) groups excluding carboxylic acids is 1. The van der Waals surface area contributed by atoms with E-state index in [0.29, 0.717) is 27.9 Å². The largest absolute Gasteiger partial charge is 0.393 e. The van der Waals surface area contributed by atoms with Crippen molar-refractivity contribution in [2.45, 2.75) is 57.7 Å². The minimum atomic E-state index is -0.323. The van der Waals surface area contributed by atoms with E-state index in [1.165, 1.54) is 6.33 Å². The summed E-state index contributed by atoms with van der Waals surface area (Å²) in [5.74, 6) is 0.551. The Hall–Kier alpha value is -2.58. The van der Waals surface area contributed by atoms with Crippen LogP contribution in [0.2, 0.25) is 5.02 Å². The fourth-order valence-electron chi connectivity index (χ4n) is 4.02. The Bertz CT molecular complexity index is 867. The molecule has 29 heavy (non-hydrogen) atoms. The number of piperidine rings is 1. The van der Waals surface area contributed by atoms with Crippen LogP contribution in [-0.4, -0.2) is 33.0 Å². The van der Waals surface area contributed by atoms with Gasteiger partial charge in [0.15, 0.2) is 11.6 Å². The summed E-state index contributed by atoms with van der Waals surface area (Å²) in [4.78, 5) is 20.7. The highest BCUT2D eigenvalue weighted by atomic mass is 35.5. The molecule has 6 N–H and O–H groups in total. The van der Waals surface area contributed by atoms with Crippen molar-refractivity contribution in [3.05, 3.63) is 41.2 Å². The second-order valence-corrected chi connectivity index (χ2v) is 9.15. The molecule has 0 bridgehead atoms. The van der Waals surface area contributed by atoms with Gasteiger partial charge in [-0.15, -0.1) is 0 Å². The first-order valence-electron chi connectivity index (χ1n) is 9.53. The molecule has 1 aliphatic heterocycles. The Balaban J connectivity index is 1.68. The average molecular weight is 418 g/mol. The summed E-state index contributed by atoms with van der Waals surface area (Å²) in [5, 5.41) is 7.66. The second kappa shape index (κ2) is 8.04. The van der Waals surface area contributed by atoms with Crippen LogP contribution in [0.1, 0.15) is 50.9 Å². The number of amides is 1. The molecule has 2 aromatic rings. The van der Waals surface area contributed by atoms with Crippen LogP contribution in [0, 0.1) is 0 Å². The SMILES string of the molecule is CC1(C)CC(Nc2ncnc(NNC(=O)c3ccc(Cl)cc3)c2N)CC(C)(C)N1. The van der Waals surface area contributed by atoms with E-state index >= 15 is 0 Å². The van der Waals surface area contributed by atoms with Gasteiger partial charge in [0.05, 0.1) is 0 Å². The summed E-state index contributed by atoms with van der Waals surface area (Å²) < 4.78 is 0. The fraction of sp³-hybridized carbons (Fsp3) is 0.450. The molecule has 9 heteroatoms. The number of hydrogen-bond donors (Lipinski definition) is 5. The predicted octanol–water partition coefficient (Wildman–Crippen LogP) is 3.19. The normalized spacial score (nSPS) is 18.1. The minimum Gasteiger partial charge on any atom is -0.393 e. The van der Waals surface area contributed by atoms with Crippen LogP contribution < -0.4 is 27.2 Å². The molecule has 0 saturated carbocycles. The Morgan fingerprint density at radius 3 is 2.31 bits per heavy atom. The monoisotopic (exact) mass is 417 g/mol. The number of aromatic nitrogens is 2. The molecule has 0 aliphatic carbocycles. The van der Waals surface area contributed by atoms with Gasteiger partial charge in [-0.05, 0) is 64.8 Å². The van der Waals surface area contributed by atoms with Crippen LogP contribution in [0.15, 0.2) is 30.6 Å². The summed E-state index contributed by atoms with van der Waals surface area (Å²) >= 11 is 5.85. The first-order chi connectivity index (χ1) is 13.5. The Morgan fingerprint density at radius 2 is 1.69 bits per heavy atom. The van der Waals surface area contributed by atoms with Gasteiger partial charge in [-0.1, -0.05) is 11.6 Å². The van der Waals surface area contributed by atoms with Crippen molar-refractivity contribution < 1.29 is 4.79 Å². The van der Waals surface area contributed by atoms with Crippen LogP contribution in [0.3, 0.4) is 0 Å². The molecule has 1 aromatic carbocycles. The molecule has 0 unspecified atom stereocenters. The van der Waals surface area contributed by atoms with Gasteiger partial charge in [-0.2, -0.15) is 0 Å². The van der Waals surface area contributed by atoms with Crippen molar-refractivity contribution in [2.75, 3.05) is 16.5 Å². The van der Waals surface area contributed by atoms with Crippen molar-refractivity contribution in [3.63, 3.8) is 0 Å². The van der Waals surface area contributed by atoms with Gasteiger partial charge in [-0.3, -0.25) is 15.6 Å². The van der Waals surface area contributed by atoms with E-state index in [0.717, 1.165) is 12.8 Å². The van der Waals surface area contributed by atoms with Gasteiger partial charge >= 0.3 is 0 Å². The number of anilines is 3. The number of nitrogens with two attached hydrogens (primary N) is 1. The van der Waals surface area contributed by atoms with E-state index in [2.05, 4.69) is 59.1 Å². The molecule has 1 aliphatic rings. The van der Waals surface area contributed by atoms with E-state index in [9.17, 15) is 4.79 Å².